The molecule has 0 bridgehead atoms. The SMILES string of the molecule is O=C(CNC(=O)OCC1c2ccccc2-c2ccccc21)NC(Cc1ccccc1)C(=O)Nc1ccc(CCl)cc1. The van der Waals surface area contributed by atoms with Gasteiger partial charge in [0.2, 0.25) is 11.8 Å². The van der Waals surface area contributed by atoms with E-state index in [1.807, 2.05) is 78.9 Å². The third-order valence-electron chi connectivity index (χ3n) is 7.05. The molecule has 0 aromatic heterocycles. The lowest BCUT2D eigenvalue weighted by Gasteiger charge is -2.19. The minimum Gasteiger partial charge on any atom is -0.449 e. The molecular weight excluding hydrogens is 538 g/mol. The van der Waals surface area contributed by atoms with E-state index in [4.69, 9.17) is 16.3 Å². The average Bonchev–Trinajstić information content (AvgIpc) is 3.33. The third kappa shape index (κ3) is 6.94. The molecule has 0 aliphatic heterocycles. The Labute approximate surface area is 243 Å². The van der Waals surface area contributed by atoms with Crippen molar-refractivity contribution in [3.63, 3.8) is 0 Å². The Kier molecular flexibility index (Phi) is 8.96. The lowest BCUT2D eigenvalue weighted by molar-refractivity contribution is -0.125. The van der Waals surface area contributed by atoms with Crippen LogP contribution < -0.4 is 16.0 Å². The summed E-state index contributed by atoms with van der Waals surface area (Å²) in [5, 5.41) is 8.09. The van der Waals surface area contributed by atoms with Gasteiger partial charge in [0, 0.05) is 23.9 Å². The Hall–Kier alpha value is -4.62. The number of carbonyl (C=O) groups excluding carboxylic acids is 3. The van der Waals surface area contributed by atoms with Crippen LogP contribution in [-0.4, -0.2) is 37.1 Å². The monoisotopic (exact) mass is 567 g/mol. The maximum Gasteiger partial charge on any atom is 0.407 e. The fourth-order valence-corrected chi connectivity index (χ4v) is 5.19. The lowest BCUT2D eigenvalue weighted by atomic mass is 9.98. The number of hydrogen-bond donors (Lipinski definition) is 3. The second-order valence-corrected chi connectivity index (χ2v) is 10.1. The molecule has 208 valence electrons. The molecule has 5 rings (SSSR count). The lowest BCUT2D eigenvalue weighted by Crippen LogP contribution is -2.48. The first kappa shape index (κ1) is 27.9. The van der Waals surface area contributed by atoms with Crippen LogP contribution in [0.25, 0.3) is 11.1 Å². The summed E-state index contributed by atoms with van der Waals surface area (Å²) < 4.78 is 5.52. The number of fused-ring (bicyclic) bond motifs is 3. The molecule has 1 unspecified atom stereocenters. The van der Waals surface area contributed by atoms with Gasteiger partial charge < -0.3 is 20.7 Å². The van der Waals surface area contributed by atoms with E-state index in [1.165, 1.54) is 0 Å². The first-order valence-corrected chi connectivity index (χ1v) is 13.9. The maximum atomic E-state index is 13.1. The standard InChI is InChI=1S/C33H30ClN3O4/c34-19-23-14-16-24(17-15-23)36-32(39)30(18-22-8-2-1-3-9-22)37-31(38)20-35-33(40)41-21-29-27-12-6-4-10-25(27)26-11-5-7-13-28(26)29/h1-17,29-30H,18-21H2,(H,35,40)(H,36,39)(H,37,38). The van der Waals surface area contributed by atoms with Crippen LogP contribution in [0.3, 0.4) is 0 Å². The van der Waals surface area contributed by atoms with Crippen molar-refractivity contribution in [1.29, 1.82) is 0 Å². The number of rotatable bonds is 10. The summed E-state index contributed by atoms with van der Waals surface area (Å²) in [6.45, 7) is -0.192. The van der Waals surface area contributed by atoms with Crippen molar-refractivity contribution in [2.75, 3.05) is 18.5 Å². The first-order chi connectivity index (χ1) is 20.0. The summed E-state index contributed by atoms with van der Waals surface area (Å²) in [5.74, 6) is -0.592. The summed E-state index contributed by atoms with van der Waals surface area (Å²) in [6, 6.07) is 31.8. The van der Waals surface area contributed by atoms with Gasteiger partial charge >= 0.3 is 6.09 Å². The summed E-state index contributed by atoms with van der Waals surface area (Å²) >= 11 is 5.85. The molecule has 3 amide bonds. The van der Waals surface area contributed by atoms with Crippen LogP contribution >= 0.6 is 11.6 Å². The van der Waals surface area contributed by atoms with Crippen molar-refractivity contribution in [2.24, 2.45) is 0 Å². The van der Waals surface area contributed by atoms with Gasteiger partial charge in [-0.25, -0.2) is 4.79 Å². The summed E-state index contributed by atoms with van der Waals surface area (Å²) in [5.41, 5.74) is 6.88. The molecule has 0 spiro atoms. The normalized spacial score (nSPS) is 12.5. The van der Waals surface area contributed by atoms with Crippen molar-refractivity contribution < 1.29 is 19.1 Å². The molecule has 0 saturated carbocycles. The van der Waals surface area contributed by atoms with E-state index in [-0.39, 0.29) is 31.4 Å². The van der Waals surface area contributed by atoms with Gasteiger partial charge in [0.05, 0.1) is 0 Å². The van der Waals surface area contributed by atoms with Gasteiger partial charge in [0.25, 0.3) is 0 Å². The van der Waals surface area contributed by atoms with Gasteiger partial charge in [-0.3, -0.25) is 9.59 Å². The number of amides is 3. The molecule has 3 N–H and O–H groups in total. The highest BCUT2D eigenvalue weighted by Gasteiger charge is 2.29. The van der Waals surface area contributed by atoms with Crippen molar-refractivity contribution in [3.05, 3.63) is 125 Å². The highest BCUT2D eigenvalue weighted by atomic mass is 35.5. The van der Waals surface area contributed by atoms with Crippen molar-refractivity contribution >= 4 is 35.2 Å². The van der Waals surface area contributed by atoms with Gasteiger partial charge in [-0.05, 0) is 45.5 Å². The minimum atomic E-state index is -0.859. The fourth-order valence-electron chi connectivity index (χ4n) is 5.01. The molecule has 0 saturated heterocycles. The van der Waals surface area contributed by atoms with Gasteiger partial charge in [-0.15, -0.1) is 11.6 Å². The second-order valence-electron chi connectivity index (χ2n) is 9.81. The van der Waals surface area contributed by atoms with E-state index in [2.05, 4.69) is 28.1 Å². The Morgan fingerprint density at radius 1 is 0.756 bits per heavy atom. The zero-order chi connectivity index (χ0) is 28.6. The van der Waals surface area contributed by atoms with E-state index in [9.17, 15) is 14.4 Å². The van der Waals surface area contributed by atoms with Crippen molar-refractivity contribution in [3.8, 4) is 11.1 Å². The van der Waals surface area contributed by atoms with Crippen LogP contribution in [0.5, 0.6) is 0 Å². The molecule has 0 radical (unpaired) electrons. The molecule has 1 aliphatic carbocycles. The molecule has 1 aliphatic rings. The van der Waals surface area contributed by atoms with Crippen LogP contribution in [-0.2, 0) is 26.6 Å². The Morgan fingerprint density at radius 3 is 2.00 bits per heavy atom. The smallest absolute Gasteiger partial charge is 0.407 e. The van der Waals surface area contributed by atoms with Gasteiger partial charge in [-0.2, -0.15) is 0 Å². The van der Waals surface area contributed by atoms with E-state index < -0.39 is 18.0 Å². The molecule has 7 nitrogen and oxygen atoms in total. The highest BCUT2D eigenvalue weighted by molar-refractivity contribution is 6.17. The van der Waals surface area contributed by atoms with Crippen LogP contribution in [0.1, 0.15) is 28.2 Å². The first-order valence-electron chi connectivity index (χ1n) is 13.4. The van der Waals surface area contributed by atoms with Crippen molar-refractivity contribution in [1.82, 2.24) is 10.6 Å². The number of benzene rings is 4. The molecule has 0 heterocycles. The predicted molar refractivity (Wildman–Crippen MR) is 160 cm³/mol. The maximum absolute atomic E-state index is 13.1. The minimum absolute atomic E-state index is 0.0839. The third-order valence-corrected chi connectivity index (χ3v) is 7.36. The van der Waals surface area contributed by atoms with Gasteiger partial charge in [0.1, 0.15) is 19.2 Å². The van der Waals surface area contributed by atoms with Gasteiger partial charge in [0.15, 0.2) is 0 Å². The number of anilines is 1. The van der Waals surface area contributed by atoms with E-state index in [0.29, 0.717) is 11.6 Å². The van der Waals surface area contributed by atoms with Crippen LogP contribution in [0, 0.1) is 0 Å². The Balaban J connectivity index is 1.17. The Morgan fingerprint density at radius 2 is 1.37 bits per heavy atom. The molecule has 4 aromatic carbocycles. The van der Waals surface area contributed by atoms with E-state index >= 15 is 0 Å². The second kappa shape index (κ2) is 13.2. The zero-order valence-corrected chi connectivity index (χ0v) is 23.1. The molecule has 0 fully saturated rings. The number of alkyl carbamates (subject to hydrolysis) is 1. The molecular formula is C33H30ClN3O4. The number of ether oxygens (including phenoxy) is 1. The highest BCUT2D eigenvalue weighted by Crippen LogP contribution is 2.44. The number of nitrogens with one attached hydrogen (secondary N) is 3. The molecule has 1 atom stereocenters. The molecule has 4 aromatic rings. The summed E-state index contributed by atoms with van der Waals surface area (Å²) in [7, 11) is 0. The molecule has 41 heavy (non-hydrogen) atoms. The topological polar surface area (TPSA) is 96.5 Å². The summed E-state index contributed by atoms with van der Waals surface area (Å²) in [4.78, 5) is 38.5. The van der Waals surface area contributed by atoms with E-state index in [1.54, 1.807) is 12.1 Å². The fraction of sp³-hybridized carbons (Fsp3) is 0.182. The van der Waals surface area contributed by atoms with Crippen LogP contribution in [0.2, 0.25) is 0 Å². The number of halogens is 1. The predicted octanol–water partition coefficient (Wildman–Crippen LogP) is 5.63. The number of hydrogen-bond acceptors (Lipinski definition) is 4. The van der Waals surface area contributed by atoms with Crippen LogP contribution in [0.4, 0.5) is 10.5 Å². The average molecular weight is 568 g/mol. The van der Waals surface area contributed by atoms with Crippen molar-refractivity contribution in [2.45, 2.75) is 24.3 Å². The summed E-state index contributed by atoms with van der Waals surface area (Å²) in [6.07, 6.45) is -0.422. The zero-order valence-electron chi connectivity index (χ0n) is 22.3. The van der Waals surface area contributed by atoms with Gasteiger partial charge in [-0.1, -0.05) is 91.0 Å². The number of alkyl halides is 1. The largest absolute Gasteiger partial charge is 0.449 e. The quantitative estimate of drug-likeness (QED) is 0.216. The molecule has 8 heteroatoms. The number of carbonyl (C=O) groups is 3. The Bertz CT molecular complexity index is 1480. The van der Waals surface area contributed by atoms with E-state index in [0.717, 1.165) is 33.4 Å². The van der Waals surface area contributed by atoms with Crippen LogP contribution in [0.15, 0.2) is 103 Å².